The summed E-state index contributed by atoms with van der Waals surface area (Å²) >= 11 is 0. The number of hydrogen-bond donors (Lipinski definition) is 0. The molecule has 140 valence electrons. The maximum Gasteiger partial charge on any atom is 0.253 e. The highest BCUT2D eigenvalue weighted by molar-refractivity contribution is 5.94. The Morgan fingerprint density at radius 1 is 1.22 bits per heavy atom. The molecule has 0 bridgehead atoms. The molecule has 5 heteroatoms. The topological polar surface area (TPSA) is 46.8 Å². The van der Waals surface area contributed by atoms with Gasteiger partial charge in [0.2, 0.25) is 0 Å². The maximum atomic E-state index is 13.0. The Morgan fingerprint density at radius 2 is 2.07 bits per heavy atom. The van der Waals surface area contributed by atoms with Crippen LogP contribution < -0.4 is 0 Å². The van der Waals surface area contributed by atoms with E-state index in [1.165, 1.54) is 0 Å². The predicted octanol–water partition coefficient (Wildman–Crippen LogP) is 4.03. The van der Waals surface area contributed by atoms with Crippen molar-refractivity contribution in [3.63, 3.8) is 0 Å². The summed E-state index contributed by atoms with van der Waals surface area (Å²) in [4.78, 5) is 14.9. The maximum absolute atomic E-state index is 13.0. The fourth-order valence-electron chi connectivity index (χ4n) is 3.71. The van der Waals surface area contributed by atoms with Crippen LogP contribution in [-0.4, -0.2) is 46.2 Å². The lowest BCUT2D eigenvalue weighted by Gasteiger charge is -2.25. The zero-order valence-electron chi connectivity index (χ0n) is 15.7. The molecule has 1 aliphatic rings. The molecule has 5 nitrogen and oxygen atoms in total. The number of pyridine rings is 1. The van der Waals surface area contributed by atoms with Gasteiger partial charge in [-0.2, -0.15) is 5.10 Å². The van der Waals surface area contributed by atoms with E-state index >= 15 is 0 Å². The van der Waals surface area contributed by atoms with Crippen molar-refractivity contribution < 1.29 is 9.53 Å². The largest absolute Gasteiger partial charge is 0.376 e. The number of carbonyl (C=O) groups is 1. The van der Waals surface area contributed by atoms with E-state index in [0.29, 0.717) is 6.54 Å². The molecule has 1 saturated heterocycles. The minimum absolute atomic E-state index is 0.0798. The summed E-state index contributed by atoms with van der Waals surface area (Å²) in [7, 11) is 0. The van der Waals surface area contributed by atoms with Gasteiger partial charge in [-0.15, -0.1) is 0 Å². The SMILES string of the molecule is CCCN(C[C@@H]1CCCO1)C(=O)c1ccc(-c2cccc3ccnn23)cc1. The summed E-state index contributed by atoms with van der Waals surface area (Å²) in [5.74, 6) is 0.0798. The Kier molecular flexibility index (Phi) is 5.21. The molecular formula is C22H25N3O2. The van der Waals surface area contributed by atoms with Crippen LogP contribution in [0.1, 0.15) is 36.5 Å². The highest BCUT2D eigenvalue weighted by Crippen LogP contribution is 2.22. The van der Waals surface area contributed by atoms with Crippen LogP contribution in [0.4, 0.5) is 0 Å². The van der Waals surface area contributed by atoms with Crippen molar-refractivity contribution in [1.82, 2.24) is 14.5 Å². The first kappa shape index (κ1) is 17.7. The summed E-state index contributed by atoms with van der Waals surface area (Å²) in [5.41, 5.74) is 3.83. The van der Waals surface area contributed by atoms with Gasteiger partial charge in [0, 0.05) is 30.8 Å². The Hall–Kier alpha value is -2.66. The molecule has 0 aliphatic carbocycles. The van der Waals surface area contributed by atoms with Gasteiger partial charge >= 0.3 is 0 Å². The molecule has 1 aromatic carbocycles. The zero-order valence-corrected chi connectivity index (χ0v) is 15.7. The molecule has 2 aromatic heterocycles. The van der Waals surface area contributed by atoms with Gasteiger partial charge in [-0.3, -0.25) is 4.79 Å². The smallest absolute Gasteiger partial charge is 0.253 e. The first-order valence-electron chi connectivity index (χ1n) is 9.70. The van der Waals surface area contributed by atoms with Gasteiger partial charge in [-0.25, -0.2) is 4.52 Å². The Labute approximate surface area is 159 Å². The van der Waals surface area contributed by atoms with Gasteiger partial charge in [-0.1, -0.05) is 25.1 Å². The minimum atomic E-state index is 0.0798. The number of carbonyl (C=O) groups excluding carboxylic acids is 1. The summed E-state index contributed by atoms with van der Waals surface area (Å²) in [5, 5.41) is 4.39. The molecule has 0 spiro atoms. The van der Waals surface area contributed by atoms with Crippen LogP contribution in [-0.2, 0) is 4.74 Å². The van der Waals surface area contributed by atoms with Crippen LogP contribution in [0.5, 0.6) is 0 Å². The molecule has 1 amide bonds. The van der Waals surface area contributed by atoms with E-state index in [0.717, 1.165) is 54.8 Å². The van der Waals surface area contributed by atoms with E-state index in [2.05, 4.69) is 12.0 Å². The number of rotatable bonds is 6. The number of hydrogen-bond acceptors (Lipinski definition) is 3. The van der Waals surface area contributed by atoms with Crippen molar-refractivity contribution in [2.24, 2.45) is 0 Å². The molecular weight excluding hydrogens is 338 g/mol. The van der Waals surface area contributed by atoms with Crippen LogP contribution in [0.25, 0.3) is 16.8 Å². The fraction of sp³-hybridized carbons (Fsp3) is 0.364. The van der Waals surface area contributed by atoms with Gasteiger partial charge in [-0.05, 0) is 49.6 Å². The molecule has 3 heterocycles. The third-order valence-corrected chi connectivity index (χ3v) is 5.08. The highest BCUT2D eigenvalue weighted by atomic mass is 16.5. The van der Waals surface area contributed by atoms with Crippen LogP contribution in [0.3, 0.4) is 0 Å². The Balaban J connectivity index is 1.55. The Bertz CT molecular complexity index is 911. The van der Waals surface area contributed by atoms with E-state index < -0.39 is 0 Å². The zero-order chi connectivity index (χ0) is 18.6. The number of aromatic nitrogens is 2. The molecule has 1 atom stereocenters. The number of fused-ring (bicyclic) bond motifs is 1. The lowest BCUT2D eigenvalue weighted by atomic mass is 10.1. The predicted molar refractivity (Wildman–Crippen MR) is 106 cm³/mol. The highest BCUT2D eigenvalue weighted by Gasteiger charge is 2.23. The van der Waals surface area contributed by atoms with Crippen molar-refractivity contribution in [3.05, 3.63) is 60.3 Å². The van der Waals surface area contributed by atoms with Crippen LogP contribution >= 0.6 is 0 Å². The number of nitrogens with zero attached hydrogens (tertiary/aromatic N) is 3. The second-order valence-electron chi connectivity index (χ2n) is 7.04. The van der Waals surface area contributed by atoms with Gasteiger partial charge in [0.25, 0.3) is 5.91 Å². The van der Waals surface area contributed by atoms with Crippen LogP contribution in [0, 0.1) is 0 Å². The fourth-order valence-corrected chi connectivity index (χ4v) is 3.71. The van der Waals surface area contributed by atoms with Crippen molar-refractivity contribution in [1.29, 1.82) is 0 Å². The van der Waals surface area contributed by atoms with Crippen molar-refractivity contribution >= 4 is 11.4 Å². The quantitative estimate of drug-likeness (QED) is 0.664. The number of amides is 1. The normalized spacial score (nSPS) is 16.7. The van der Waals surface area contributed by atoms with Crippen molar-refractivity contribution in [3.8, 4) is 11.3 Å². The lowest BCUT2D eigenvalue weighted by molar-refractivity contribution is 0.0526. The molecule has 0 unspecified atom stereocenters. The monoisotopic (exact) mass is 363 g/mol. The molecule has 1 fully saturated rings. The summed E-state index contributed by atoms with van der Waals surface area (Å²) in [6.45, 7) is 4.35. The molecule has 3 aromatic rings. The molecule has 27 heavy (non-hydrogen) atoms. The third kappa shape index (κ3) is 3.74. The number of benzene rings is 1. The Morgan fingerprint density at radius 3 is 2.81 bits per heavy atom. The van der Waals surface area contributed by atoms with E-state index in [4.69, 9.17) is 4.74 Å². The van der Waals surface area contributed by atoms with Crippen LogP contribution in [0.15, 0.2) is 54.7 Å². The van der Waals surface area contributed by atoms with Gasteiger partial charge in [0.15, 0.2) is 0 Å². The molecule has 0 saturated carbocycles. The van der Waals surface area contributed by atoms with Gasteiger partial charge in [0.1, 0.15) is 0 Å². The summed E-state index contributed by atoms with van der Waals surface area (Å²) < 4.78 is 7.64. The standard InChI is InChI=1S/C22H25N3O2/c1-2-14-24(16-20-6-4-15-27-20)22(26)18-10-8-17(9-11-18)21-7-3-5-19-12-13-23-25(19)21/h3,5,7-13,20H,2,4,6,14-16H2,1H3/t20-/m0/s1. The van der Waals surface area contributed by atoms with E-state index in [1.807, 2.05) is 57.9 Å². The summed E-state index contributed by atoms with van der Waals surface area (Å²) in [6.07, 6.45) is 5.05. The van der Waals surface area contributed by atoms with Gasteiger partial charge < -0.3 is 9.64 Å². The first-order valence-corrected chi connectivity index (χ1v) is 9.70. The number of ether oxygens (including phenoxy) is 1. The lowest BCUT2D eigenvalue weighted by Crippen LogP contribution is -2.37. The van der Waals surface area contributed by atoms with Gasteiger partial charge in [0.05, 0.1) is 23.5 Å². The van der Waals surface area contributed by atoms with E-state index in [9.17, 15) is 4.79 Å². The average Bonchev–Trinajstić information content (AvgIpc) is 3.38. The van der Waals surface area contributed by atoms with E-state index in [1.54, 1.807) is 6.20 Å². The molecule has 4 rings (SSSR count). The second-order valence-corrected chi connectivity index (χ2v) is 7.04. The van der Waals surface area contributed by atoms with E-state index in [-0.39, 0.29) is 12.0 Å². The third-order valence-electron chi connectivity index (χ3n) is 5.08. The molecule has 0 radical (unpaired) electrons. The van der Waals surface area contributed by atoms with Crippen molar-refractivity contribution in [2.75, 3.05) is 19.7 Å². The average molecular weight is 363 g/mol. The molecule has 1 aliphatic heterocycles. The first-order chi connectivity index (χ1) is 13.3. The summed E-state index contributed by atoms with van der Waals surface area (Å²) in [6, 6.07) is 15.9. The minimum Gasteiger partial charge on any atom is -0.376 e. The molecule has 0 N–H and O–H groups in total. The second kappa shape index (κ2) is 7.92. The van der Waals surface area contributed by atoms with Crippen molar-refractivity contribution in [2.45, 2.75) is 32.3 Å². The van der Waals surface area contributed by atoms with Crippen LogP contribution in [0.2, 0.25) is 0 Å².